The standard InChI is InChI=1S/C15H30N2O2/c1-4-5-13-9-14(16-6-7-18)11-17(10-13)15(19)8-12(2)3/h12-14,16,18H,4-11H2,1-3H3. The van der Waals surface area contributed by atoms with Gasteiger partial charge < -0.3 is 15.3 Å². The van der Waals surface area contributed by atoms with Crippen LogP contribution in [0.4, 0.5) is 0 Å². The van der Waals surface area contributed by atoms with Crippen LogP contribution in [0.2, 0.25) is 0 Å². The van der Waals surface area contributed by atoms with Crippen LogP contribution in [0.5, 0.6) is 0 Å². The first-order valence-electron chi connectivity index (χ1n) is 7.68. The quantitative estimate of drug-likeness (QED) is 0.739. The van der Waals surface area contributed by atoms with E-state index in [2.05, 4.69) is 26.1 Å². The molecular formula is C15H30N2O2. The summed E-state index contributed by atoms with van der Waals surface area (Å²) in [5.41, 5.74) is 0. The maximum absolute atomic E-state index is 12.2. The smallest absolute Gasteiger partial charge is 0.222 e. The van der Waals surface area contributed by atoms with Crippen molar-refractivity contribution in [3.05, 3.63) is 0 Å². The summed E-state index contributed by atoms with van der Waals surface area (Å²) in [5, 5.41) is 12.3. The Kier molecular flexibility index (Phi) is 7.39. The van der Waals surface area contributed by atoms with Crippen LogP contribution in [-0.4, -0.2) is 48.2 Å². The zero-order chi connectivity index (χ0) is 14.3. The largest absolute Gasteiger partial charge is 0.395 e. The highest BCUT2D eigenvalue weighted by Gasteiger charge is 2.29. The molecule has 0 spiro atoms. The number of rotatable bonds is 7. The molecule has 2 atom stereocenters. The Hall–Kier alpha value is -0.610. The molecule has 2 unspecified atom stereocenters. The summed E-state index contributed by atoms with van der Waals surface area (Å²) in [6.45, 7) is 8.87. The Labute approximate surface area is 117 Å². The average molecular weight is 270 g/mol. The molecule has 0 aliphatic carbocycles. The number of hydrogen-bond donors (Lipinski definition) is 2. The van der Waals surface area contributed by atoms with Gasteiger partial charge in [0.05, 0.1) is 6.61 Å². The summed E-state index contributed by atoms with van der Waals surface area (Å²) >= 11 is 0. The van der Waals surface area contributed by atoms with Gasteiger partial charge in [-0.05, 0) is 24.7 Å². The number of hydrogen-bond acceptors (Lipinski definition) is 3. The van der Waals surface area contributed by atoms with E-state index in [0.29, 0.717) is 30.8 Å². The van der Waals surface area contributed by atoms with Crippen molar-refractivity contribution >= 4 is 5.91 Å². The molecule has 19 heavy (non-hydrogen) atoms. The molecule has 1 heterocycles. The van der Waals surface area contributed by atoms with E-state index in [1.54, 1.807) is 0 Å². The molecule has 0 radical (unpaired) electrons. The topological polar surface area (TPSA) is 52.6 Å². The molecule has 0 aromatic heterocycles. The molecule has 0 bridgehead atoms. The third-order valence-corrected chi connectivity index (χ3v) is 3.71. The van der Waals surface area contributed by atoms with E-state index < -0.39 is 0 Å². The van der Waals surface area contributed by atoms with Gasteiger partial charge >= 0.3 is 0 Å². The zero-order valence-corrected chi connectivity index (χ0v) is 12.7. The van der Waals surface area contributed by atoms with E-state index in [9.17, 15) is 4.79 Å². The molecule has 1 rings (SSSR count). The molecule has 4 nitrogen and oxygen atoms in total. The number of carbonyl (C=O) groups is 1. The zero-order valence-electron chi connectivity index (χ0n) is 12.7. The second kappa shape index (κ2) is 8.54. The lowest BCUT2D eigenvalue weighted by Crippen LogP contribution is -2.51. The number of carbonyl (C=O) groups excluding carboxylic acids is 1. The van der Waals surface area contributed by atoms with Crippen molar-refractivity contribution in [2.75, 3.05) is 26.2 Å². The van der Waals surface area contributed by atoms with Crippen molar-refractivity contribution in [1.82, 2.24) is 10.2 Å². The van der Waals surface area contributed by atoms with E-state index in [4.69, 9.17) is 5.11 Å². The van der Waals surface area contributed by atoms with Crippen LogP contribution in [0.3, 0.4) is 0 Å². The summed E-state index contributed by atoms with van der Waals surface area (Å²) in [6, 6.07) is 0.341. The van der Waals surface area contributed by atoms with Gasteiger partial charge in [-0.2, -0.15) is 0 Å². The van der Waals surface area contributed by atoms with Crippen LogP contribution in [-0.2, 0) is 4.79 Å². The Morgan fingerprint density at radius 2 is 2.16 bits per heavy atom. The first-order valence-corrected chi connectivity index (χ1v) is 7.68. The van der Waals surface area contributed by atoms with Gasteiger partial charge in [0.25, 0.3) is 0 Å². The number of amides is 1. The Bertz CT molecular complexity index is 269. The highest BCUT2D eigenvalue weighted by molar-refractivity contribution is 5.76. The molecule has 2 N–H and O–H groups in total. The Morgan fingerprint density at radius 1 is 1.42 bits per heavy atom. The minimum Gasteiger partial charge on any atom is -0.395 e. The maximum atomic E-state index is 12.2. The van der Waals surface area contributed by atoms with Crippen molar-refractivity contribution in [3.63, 3.8) is 0 Å². The fourth-order valence-corrected chi connectivity index (χ4v) is 2.92. The number of aliphatic hydroxyl groups excluding tert-OH is 1. The monoisotopic (exact) mass is 270 g/mol. The molecule has 4 heteroatoms. The molecule has 1 amide bonds. The van der Waals surface area contributed by atoms with Crippen LogP contribution in [0.1, 0.15) is 46.5 Å². The molecule has 1 saturated heterocycles. The number of nitrogens with zero attached hydrogens (tertiary/aromatic N) is 1. The van der Waals surface area contributed by atoms with Crippen LogP contribution in [0, 0.1) is 11.8 Å². The average Bonchev–Trinajstić information content (AvgIpc) is 2.35. The van der Waals surface area contributed by atoms with Crippen LogP contribution < -0.4 is 5.32 Å². The lowest BCUT2D eigenvalue weighted by Gasteiger charge is -2.38. The summed E-state index contributed by atoms with van der Waals surface area (Å²) in [5.74, 6) is 1.31. The molecule has 0 aromatic rings. The third-order valence-electron chi connectivity index (χ3n) is 3.71. The third kappa shape index (κ3) is 5.91. The predicted molar refractivity (Wildman–Crippen MR) is 77.9 cm³/mol. The fourth-order valence-electron chi connectivity index (χ4n) is 2.92. The number of piperidine rings is 1. The Morgan fingerprint density at radius 3 is 2.74 bits per heavy atom. The highest BCUT2D eigenvalue weighted by atomic mass is 16.3. The van der Waals surface area contributed by atoms with E-state index in [1.165, 1.54) is 12.8 Å². The van der Waals surface area contributed by atoms with Gasteiger partial charge in [0.1, 0.15) is 0 Å². The first kappa shape index (κ1) is 16.4. The van der Waals surface area contributed by atoms with Crippen LogP contribution in [0.15, 0.2) is 0 Å². The Balaban J connectivity index is 2.56. The van der Waals surface area contributed by atoms with Crippen LogP contribution >= 0.6 is 0 Å². The molecule has 0 saturated carbocycles. The van der Waals surface area contributed by atoms with Crippen LogP contribution in [0.25, 0.3) is 0 Å². The van der Waals surface area contributed by atoms with Gasteiger partial charge in [0.2, 0.25) is 5.91 Å². The van der Waals surface area contributed by atoms with Gasteiger partial charge in [-0.1, -0.05) is 27.2 Å². The lowest BCUT2D eigenvalue weighted by atomic mass is 9.90. The molecule has 1 aliphatic heterocycles. The lowest BCUT2D eigenvalue weighted by molar-refractivity contribution is -0.134. The SMILES string of the molecule is CCCC1CC(NCCO)CN(C(=O)CC(C)C)C1. The second-order valence-corrected chi connectivity index (χ2v) is 6.16. The van der Waals surface area contributed by atoms with Gasteiger partial charge in [-0.25, -0.2) is 0 Å². The first-order chi connectivity index (χ1) is 9.06. The van der Waals surface area contributed by atoms with Gasteiger partial charge in [0.15, 0.2) is 0 Å². The summed E-state index contributed by atoms with van der Waals surface area (Å²) in [6.07, 6.45) is 4.12. The number of likely N-dealkylation sites (tertiary alicyclic amines) is 1. The summed E-state index contributed by atoms with van der Waals surface area (Å²) in [4.78, 5) is 14.3. The highest BCUT2D eigenvalue weighted by Crippen LogP contribution is 2.22. The van der Waals surface area contributed by atoms with E-state index in [-0.39, 0.29) is 12.5 Å². The number of nitrogens with one attached hydrogen (secondary N) is 1. The van der Waals surface area contributed by atoms with Crippen molar-refractivity contribution in [1.29, 1.82) is 0 Å². The van der Waals surface area contributed by atoms with Gasteiger partial charge in [-0.15, -0.1) is 0 Å². The van der Waals surface area contributed by atoms with E-state index in [0.717, 1.165) is 19.5 Å². The second-order valence-electron chi connectivity index (χ2n) is 6.16. The minimum absolute atomic E-state index is 0.162. The molecule has 0 aromatic carbocycles. The molecule has 1 fully saturated rings. The predicted octanol–water partition coefficient (Wildman–Crippen LogP) is 1.63. The van der Waals surface area contributed by atoms with Gasteiger partial charge in [0, 0.05) is 32.1 Å². The molecule has 1 aliphatic rings. The van der Waals surface area contributed by atoms with E-state index >= 15 is 0 Å². The summed E-state index contributed by atoms with van der Waals surface area (Å²) < 4.78 is 0. The maximum Gasteiger partial charge on any atom is 0.222 e. The molecule has 112 valence electrons. The van der Waals surface area contributed by atoms with Gasteiger partial charge in [-0.3, -0.25) is 4.79 Å². The number of aliphatic hydroxyl groups is 1. The van der Waals surface area contributed by atoms with E-state index in [1.807, 2.05) is 4.90 Å². The summed E-state index contributed by atoms with van der Waals surface area (Å²) in [7, 11) is 0. The normalized spacial score (nSPS) is 23.9. The minimum atomic E-state index is 0.162. The van der Waals surface area contributed by atoms with Crippen molar-refractivity contribution in [3.8, 4) is 0 Å². The van der Waals surface area contributed by atoms with Crippen molar-refractivity contribution in [2.45, 2.75) is 52.5 Å². The van der Waals surface area contributed by atoms with Crippen molar-refractivity contribution in [2.24, 2.45) is 11.8 Å². The fraction of sp³-hybridized carbons (Fsp3) is 0.933. The molecular weight excluding hydrogens is 240 g/mol. The van der Waals surface area contributed by atoms with Crippen molar-refractivity contribution < 1.29 is 9.90 Å².